The van der Waals surface area contributed by atoms with Crippen molar-refractivity contribution < 1.29 is 9.21 Å². The first kappa shape index (κ1) is 18.4. The second-order valence-corrected chi connectivity index (χ2v) is 7.11. The molecule has 1 unspecified atom stereocenters. The maximum absolute atomic E-state index is 12.4. The molecule has 148 valence electrons. The molecule has 0 radical (unpaired) electrons. The molecule has 1 atom stereocenters. The van der Waals surface area contributed by atoms with Crippen LogP contribution in [0.25, 0.3) is 11.2 Å². The molecule has 0 bridgehead atoms. The smallest absolute Gasteiger partial charge is 0.299 e. The maximum Gasteiger partial charge on any atom is 0.299 e. The highest BCUT2D eigenvalue weighted by molar-refractivity contribution is 5.76. The molecule has 1 saturated heterocycles. The Hall–Kier alpha value is -2.97. The number of aryl methyl sites for hydroxylation is 1. The van der Waals surface area contributed by atoms with Gasteiger partial charge < -0.3 is 19.2 Å². The van der Waals surface area contributed by atoms with E-state index in [0.29, 0.717) is 36.6 Å². The second-order valence-electron chi connectivity index (χ2n) is 7.11. The number of nitrogens with zero attached hydrogens (tertiary/aromatic N) is 6. The zero-order chi connectivity index (χ0) is 19.3. The zero-order valence-electron chi connectivity index (χ0n) is 16.0. The van der Waals surface area contributed by atoms with E-state index < -0.39 is 0 Å². The van der Waals surface area contributed by atoms with Crippen molar-refractivity contribution in [3.63, 3.8) is 0 Å². The van der Waals surface area contributed by atoms with Crippen LogP contribution in [0.15, 0.2) is 29.1 Å². The zero-order valence-corrected chi connectivity index (χ0v) is 16.0. The number of fused-ring (bicyclic) bond motifs is 1. The van der Waals surface area contributed by atoms with Crippen LogP contribution >= 0.6 is 0 Å². The normalized spacial score (nSPS) is 17.2. The minimum absolute atomic E-state index is 0.0774. The summed E-state index contributed by atoms with van der Waals surface area (Å²) in [7, 11) is 0. The summed E-state index contributed by atoms with van der Waals surface area (Å²) in [5.74, 6) is 1.26. The lowest BCUT2D eigenvalue weighted by Crippen LogP contribution is -2.38. The number of pyridine rings is 1. The minimum atomic E-state index is 0.0774. The molecule has 1 aliphatic heterocycles. The van der Waals surface area contributed by atoms with Gasteiger partial charge in [0.1, 0.15) is 12.2 Å². The number of piperidine rings is 1. The highest BCUT2D eigenvalue weighted by Gasteiger charge is 2.25. The highest BCUT2D eigenvalue weighted by Crippen LogP contribution is 2.26. The number of hydrogen-bond acceptors (Lipinski definition) is 7. The monoisotopic (exact) mass is 383 g/mol. The molecule has 4 rings (SSSR count). The summed E-state index contributed by atoms with van der Waals surface area (Å²) in [6.07, 6.45) is 6.67. The molecule has 0 saturated carbocycles. The van der Waals surface area contributed by atoms with Gasteiger partial charge >= 0.3 is 0 Å². The average Bonchev–Trinajstić information content (AvgIpc) is 3.34. The van der Waals surface area contributed by atoms with Crippen molar-refractivity contribution in [2.75, 3.05) is 24.5 Å². The van der Waals surface area contributed by atoms with Crippen molar-refractivity contribution in [1.82, 2.24) is 30.0 Å². The van der Waals surface area contributed by atoms with Gasteiger partial charge in [-0.3, -0.25) is 4.79 Å². The van der Waals surface area contributed by atoms with Crippen molar-refractivity contribution in [3.8, 4) is 0 Å². The molecule has 3 aromatic heterocycles. The maximum atomic E-state index is 12.4. The summed E-state index contributed by atoms with van der Waals surface area (Å²) < 4.78 is 7.81. The van der Waals surface area contributed by atoms with Crippen LogP contribution in [0.2, 0.25) is 0 Å². The second kappa shape index (κ2) is 8.37. The third kappa shape index (κ3) is 4.13. The van der Waals surface area contributed by atoms with E-state index in [1.54, 1.807) is 12.5 Å². The van der Waals surface area contributed by atoms with Gasteiger partial charge in [-0.15, -0.1) is 10.2 Å². The fraction of sp³-hybridized carbons (Fsp3) is 0.526. The van der Waals surface area contributed by atoms with E-state index >= 15 is 0 Å². The van der Waals surface area contributed by atoms with Crippen LogP contribution in [0.1, 0.15) is 32.0 Å². The van der Waals surface area contributed by atoms with Crippen LogP contribution in [-0.4, -0.2) is 50.3 Å². The lowest BCUT2D eigenvalue weighted by atomic mass is 9.94. The quantitative estimate of drug-likeness (QED) is 0.664. The first-order valence-electron chi connectivity index (χ1n) is 9.83. The van der Waals surface area contributed by atoms with Crippen molar-refractivity contribution in [1.29, 1.82) is 0 Å². The molecule has 0 aromatic carbocycles. The lowest BCUT2D eigenvalue weighted by Gasteiger charge is -2.31. The number of carbonyl (C=O) groups excluding carboxylic acids is 1. The molecular formula is C19H25N7O2. The van der Waals surface area contributed by atoms with E-state index in [-0.39, 0.29) is 11.8 Å². The molecule has 28 heavy (non-hydrogen) atoms. The van der Waals surface area contributed by atoms with E-state index in [0.717, 1.165) is 38.3 Å². The molecule has 0 spiro atoms. The van der Waals surface area contributed by atoms with Gasteiger partial charge in [0.05, 0.1) is 0 Å². The van der Waals surface area contributed by atoms with E-state index in [2.05, 4.69) is 30.4 Å². The molecule has 4 heterocycles. The summed E-state index contributed by atoms with van der Waals surface area (Å²) >= 11 is 0. The van der Waals surface area contributed by atoms with E-state index in [9.17, 15) is 4.79 Å². The first-order chi connectivity index (χ1) is 13.7. The predicted octanol–water partition coefficient (Wildman–Crippen LogP) is 1.80. The highest BCUT2D eigenvalue weighted by atomic mass is 16.4. The summed E-state index contributed by atoms with van der Waals surface area (Å²) in [5, 5.41) is 11.0. The number of aromatic nitrogens is 5. The van der Waals surface area contributed by atoms with Crippen LogP contribution in [0.5, 0.6) is 0 Å². The van der Waals surface area contributed by atoms with Gasteiger partial charge in [0.15, 0.2) is 5.58 Å². The van der Waals surface area contributed by atoms with Gasteiger partial charge in [0.25, 0.3) is 6.01 Å². The number of hydrogen-bond donors (Lipinski definition) is 1. The fourth-order valence-electron chi connectivity index (χ4n) is 3.68. The van der Waals surface area contributed by atoms with Crippen molar-refractivity contribution in [3.05, 3.63) is 30.5 Å². The molecular weight excluding hydrogens is 358 g/mol. The van der Waals surface area contributed by atoms with E-state index in [4.69, 9.17) is 4.42 Å². The largest absolute Gasteiger partial charge is 0.422 e. The van der Waals surface area contributed by atoms with E-state index in [1.807, 2.05) is 23.6 Å². The van der Waals surface area contributed by atoms with Crippen molar-refractivity contribution >= 4 is 23.2 Å². The van der Waals surface area contributed by atoms with Gasteiger partial charge in [-0.2, -0.15) is 4.98 Å². The van der Waals surface area contributed by atoms with Gasteiger partial charge in [-0.25, -0.2) is 4.98 Å². The molecule has 1 fully saturated rings. The molecule has 1 amide bonds. The average molecular weight is 383 g/mol. The SMILES string of the molecule is CCn1cnnc1CCNC(=O)CC1CCCN(c2nc3ncccc3o2)C1. The van der Waals surface area contributed by atoms with Gasteiger partial charge in [0, 0.05) is 45.2 Å². The molecule has 1 aliphatic rings. The Labute approximate surface area is 163 Å². The Balaban J connectivity index is 1.28. The van der Waals surface area contributed by atoms with Crippen LogP contribution in [0, 0.1) is 5.92 Å². The Morgan fingerprint density at radius 1 is 1.43 bits per heavy atom. The first-order valence-corrected chi connectivity index (χ1v) is 9.83. The van der Waals surface area contributed by atoms with Crippen LogP contribution < -0.4 is 10.2 Å². The van der Waals surface area contributed by atoms with Crippen molar-refractivity contribution in [2.24, 2.45) is 5.92 Å². The molecule has 0 aliphatic carbocycles. The number of anilines is 1. The van der Waals surface area contributed by atoms with Crippen molar-refractivity contribution in [2.45, 2.75) is 39.2 Å². The molecule has 1 N–H and O–H groups in total. The minimum Gasteiger partial charge on any atom is -0.422 e. The van der Waals surface area contributed by atoms with Gasteiger partial charge in [-0.1, -0.05) is 0 Å². The number of nitrogens with one attached hydrogen (secondary N) is 1. The number of amides is 1. The Morgan fingerprint density at radius 3 is 3.21 bits per heavy atom. The predicted molar refractivity (Wildman–Crippen MR) is 104 cm³/mol. The molecule has 9 nitrogen and oxygen atoms in total. The van der Waals surface area contributed by atoms with Crippen LogP contribution in [0.3, 0.4) is 0 Å². The summed E-state index contributed by atoms with van der Waals surface area (Å²) in [6, 6.07) is 4.30. The third-order valence-electron chi connectivity index (χ3n) is 5.12. The summed E-state index contributed by atoms with van der Waals surface area (Å²) in [5.41, 5.74) is 1.31. The summed E-state index contributed by atoms with van der Waals surface area (Å²) in [6.45, 7) is 5.11. The van der Waals surface area contributed by atoms with Gasteiger partial charge in [-0.05, 0) is 37.8 Å². The Kier molecular flexibility index (Phi) is 5.50. The molecule has 3 aromatic rings. The fourth-order valence-corrected chi connectivity index (χ4v) is 3.68. The lowest BCUT2D eigenvalue weighted by molar-refractivity contribution is -0.122. The standard InChI is InChI=1S/C19H25N7O2/c1-2-25-13-22-24-16(25)7-9-20-17(27)11-14-5-4-10-26(12-14)19-23-18-15(28-19)6-3-8-21-18/h3,6,8,13-14H,2,4-5,7,9-12H2,1H3,(H,20,27). The number of rotatable bonds is 7. The molecule has 9 heteroatoms. The topological polar surface area (TPSA) is 102 Å². The number of oxazole rings is 1. The number of carbonyl (C=O) groups is 1. The third-order valence-corrected chi connectivity index (χ3v) is 5.12. The summed E-state index contributed by atoms with van der Waals surface area (Å²) in [4.78, 5) is 23.2. The Bertz CT molecular complexity index is 902. The van der Waals surface area contributed by atoms with Crippen LogP contribution in [-0.2, 0) is 17.8 Å². The van der Waals surface area contributed by atoms with E-state index in [1.165, 1.54) is 0 Å². The van der Waals surface area contributed by atoms with Crippen LogP contribution in [0.4, 0.5) is 6.01 Å². The Morgan fingerprint density at radius 2 is 2.36 bits per heavy atom. The van der Waals surface area contributed by atoms with Gasteiger partial charge in [0.2, 0.25) is 11.6 Å².